The minimum absolute atomic E-state index is 0.111. The third-order valence-corrected chi connectivity index (χ3v) is 5.71. The molecule has 3 aromatic rings. The summed E-state index contributed by atoms with van der Waals surface area (Å²) in [4.78, 5) is 28.7. The van der Waals surface area contributed by atoms with Crippen molar-refractivity contribution in [2.45, 2.75) is 13.1 Å². The average molecular weight is 473 g/mol. The molecular formula is C23H22F3N5O3. The van der Waals surface area contributed by atoms with Gasteiger partial charge in [-0.3, -0.25) is 9.59 Å². The summed E-state index contributed by atoms with van der Waals surface area (Å²) in [5, 5.41) is 8.12. The van der Waals surface area contributed by atoms with Gasteiger partial charge in [-0.05, 0) is 31.2 Å². The second-order valence-electron chi connectivity index (χ2n) is 7.76. The molecule has 2 heterocycles. The summed E-state index contributed by atoms with van der Waals surface area (Å²) in [5.41, 5.74) is 0.0261. The molecule has 11 heteroatoms. The van der Waals surface area contributed by atoms with Gasteiger partial charge in [0.15, 0.2) is 5.69 Å². The first-order valence-electron chi connectivity index (χ1n) is 10.5. The van der Waals surface area contributed by atoms with Crippen LogP contribution in [0.5, 0.6) is 5.75 Å². The van der Waals surface area contributed by atoms with E-state index in [-0.39, 0.29) is 37.8 Å². The van der Waals surface area contributed by atoms with Crippen LogP contribution in [0, 0.1) is 6.92 Å². The number of rotatable bonds is 4. The zero-order valence-electron chi connectivity index (χ0n) is 18.5. The lowest BCUT2D eigenvalue weighted by molar-refractivity contribution is -0.138. The normalized spacial score (nSPS) is 14.3. The van der Waals surface area contributed by atoms with Crippen LogP contribution in [0.25, 0.3) is 5.69 Å². The van der Waals surface area contributed by atoms with Gasteiger partial charge in [0.1, 0.15) is 5.75 Å². The Labute approximate surface area is 193 Å². The predicted octanol–water partition coefficient (Wildman–Crippen LogP) is 3.20. The van der Waals surface area contributed by atoms with E-state index in [0.717, 1.165) is 6.07 Å². The van der Waals surface area contributed by atoms with Crippen LogP contribution in [-0.4, -0.2) is 69.9 Å². The molecule has 0 N–H and O–H groups in total. The SMILES string of the molecule is COc1cccc(-n2nnc(C(=O)N3CCN(C(=O)c4ccccc4C(F)(F)F)CC3)c2C)c1. The van der Waals surface area contributed by atoms with Crippen LogP contribution >= 0.6 is 0 Å². The van der Waals surface area contributed by atoms with Crippen molar-refractivity contribution in [3.8, 4) is 11.4 Å². The Morgan fingerprint density at radius 3 is 2.24 bits per heavy atom. The highest BCUT2D eigenvalue weighted by Crippen LogP contribution is 2.32. The quantitative estimate of drug-likeness (QED) is 0.582. The number of carbonyl (C=O) groups excluding carboxylic acids is 2. The van der Waals surface area contributed by atoms with Gasteiger partial charge in [0.05, 0.1) is 29.6 Å². The Morgan fingerprint density at radius 2 is 1.59 bits per heavy atom. The first-order valence-corrected chi connectivity index (χ1v) is 10.5. The summed E-state index contributed by atoms with van der Waals surface area (Å²) < 4.78 is 46.6. The zero-order chi connectivity index (χ0) is 24.5. The van der Waals surface area contributed by atoms with Gasteiger partial charge >= 0.3 is 6.18 Å². The summed E-state index contributed by atoms with van der Waals surface area (Å²) in [7, 11) is 1.55. The van der Waals surface area contributed by atoms with E-state index in [9.17, 15) is 22.8 Å². The van der Waals surface area contributed by atoms with E-state index in [1.54, 1.807) is 32.2 Å². The molecule has 34 heavy (non-hydrogen) atoms. The molecule has 1 saturated heterocycles. The summed E-state index contributed by atoms with van der Waals surface area (Å²) in [5.74, 6) is -0.428. The van der Waals surface area contributed by atoms with Crippen LogP contribution in [0.1, 0.15) is 32.1 Å². The summed E-state index contributed by atoms with van der Waals surface area (Å²) in [6, 6.07) is 11.9. The molecule has 0 spiro atoms. The molecule has 8 nitrogen and oxygen atoms in total. The monoisotopic (exact) mass is 473 g/mol. The van der Waals surface area contributed by atoms with E-state index in [2.05, 4.69) is 10.3 Å². The van der Waals surface area contributed by atoms with Crippen molar-refractivity contribution in [1.82, 2.24) is 24.8 Å². The first kappa shape index (κ1) is 23.3. The number of halogens is 3. The van der Waals surface area contributed by atoms with Crippen molar-refractivity contribution in [1.29, 1.82) is 0 Å². The molecule has 1 aliphatic rings. The lowest BCUT2D eigenvalue weighted by atomic mass is 10.1. The van der Waals surface area contributed by atoms with E-state index < -0.39 is 23.2 Å². The van der Waals surface area contributed by atoms with Crippen LogP contribution < -0.4 is 4.74 Å². The van der Waals surface area contributed by atoms with E-state index in [1.165, 1.54) is 32.7 Å². The third kappa shape index (κ3) is 4.45. The van der Waals surface area contributed by atoms with E-state index in [0.29, 0.717) is 17.1 Å². The molecule has 2 aromatic carbocycles. The summed E-state index contributed by atoms with van der Waals surface area (Å²) >= 11 is 0. The predicted molar refractivity (Wildman–Crippen MR) is 116 cm³/mol. The van der Waals surface area contributed by atoms with Gasteiger partial charge in [-0.25, -0.2) is 4.68 Å². The van der Waals surface area contributed by atoms with E-state index in [1.807, 2.05) is 6.07 Å². The van der Waals surface area contributed by atoms with Crippen molar-refractivity contribution in [3.63, 3.8) is 0 Å². The van der Waals surface area contributed by atoms with Crippen molar-refractivity contribution in [3.05, 3.63) is 71.0 Å². The van der Waals surface area contributed by atoms with Crippen LogP contribution in [0.2, 0.25) is 0 Å². The van der Waals surface area contributed by atoms with E-state index in [4.69, 9.17) is 4.74 Å². The van der Waals surface area contributed by atoms with Crippen LogP contribution in [0.3, 0.4) is 0 Å². The molecule has 0 bridgehead atoms. The molecule has 0 unspecified atom stereocenters. The molecule has 0 radical (unpaired) electrons. The van der Waals surface area contributed by atoms with Gasteiger partial charge in [0, 0.05) is 32.2 Å². The fraction of sp³-hybridized carbons (Fsp3) is 0.304. The molecule has 1 fully saturated rings. The second kappa shape index (κ2) is 9.16. The number of piperazine rings is 1. The van der Waals surface area contributed by atoms with Gasteiger partial charge in [0.25, 0.3) is 11.8 Å². The standard InChI is InChI=1S/C23H22F3N5O3/c1-15-20(27-28-31(15)16-6-5-7-17(14-16)34-2)22(33)30-12-10-29(11-13-30)21(32)18-8-3-4-9-19(18)23(24,25)26/h3-9,14H,10-13H2,1-2H3. The fourth-order valence-corrected chi connectivity index (χ4v) is 3.86. The Hall–Kier alpha value is -3.89. The third-order valence-electron chi connectivity index (χ3n) is 5.71. The Balaban J connectivity index is 1.46. The fourth-order valence-electron chi connectivity index (χ4n) is 3.86. The number of hydrogen-bond acceptors (Lipinski definition) is 5. The minimum Gasteiger partial charge on any atom is -0.497 e. The lowest BCUT2D eigenvalue weighted by Crippen LogP contribution is -2.51. The number of hydrogen-bond donors (Lipinski definition) is 0. The van der Waals surface area contributed by atoms with Crippen molar-refractivity contribution >= 4 is 11.8 Å². The van der Waals surface area contributed by atoms with Crippen molar-refractivity contribution < 1.29 is 27.5 Å². The molecular weight excluding hydrogens is 451 g/mol. The number of ether oxygens (including phenoxy) is 1. The van der Waals surface area contributed by atoms with Crippen LogP contribution in [0.15, 0.2) is 48.5 Å². The van der Waals surface area contributed by atoms with E-state index >= 15 is 0 Å². The maximum atomic E-state index is 13.3. The second-order valence-corrected chi connectivity index (χ2v) is 7.76. The molecule has 4 rings (SSSR count). The maximum absolute atomic E-state index is 13.3. The van der Waals surface area contributed by atoms with Crippen molar-refractivity contribution in [2.75, 3.05) is 33.3 Å². The number of benzene rings is 2. The highest BCUT2D eigenvalue weighted by atomic mass is 19.4. The minimum atomic E-state index is -4.63. The molecule has 0 aliphatic carbocycles. The van der Waals surface area contributed by atoms with Gasteiger partial charge in [0.2, 0.25) is 0 Å². The lowest BCUT2D eigenvalue weighted by Gasteiger charge is -2.34. The van der Waals surface area contributed by atoms with Gasteiger partial charge < -0.3 is 14.5 Å². The first-order chi connectivity index (χ1) is 16.2. The van der Waals surface area contributed by atoms with Gasteiger partial charge in [-0.1, -0.05) is 23.4 Å². The van der Waals surface area contributed by atoms with Crippen LogP contribution in [0.4, 0.5) is 13.2 Å². The molecule has 2 amide bonds. The van der Waals surface area contributed by atoms with Crippen LogP contribution in [-0.2, 0) is 6.18 Å². The molecule has 0 saturated carbocycles. The topological polar surface area (TPSA) is 80.6 Å². The molecule has 1 aliphatic heterocycles. The Kier molecular flexibility index (Phi) is 6.27. The maximum Gasteiger partial charge on any atom is 0.417 e. The van der Waals surface area contributed by atoms with Gasteiger partial charge in [-0.2, -0.15) is 13.2 Å². The average Bonchev–Trinajstić information content (AvgIpc) is 3.24. The molecule has 1 aromatic heterocycles. The Morgan fingerprint density at radius 1 is 0.941 bits per heavy atom. The smallest absolute Gasteiger partial charge is 0.417 e. The van der Waals surface area contributed by atoms with Gasteiger partial charge in [-0.15, -0.1) is 5.10 Å². The Bertz CT molecular complexity index is 1220. The number of nitrogens with zero attached hydrogens (tertiary/aromatic N) is 5. The highest BCUT2D eigenvalue weighted by Gasteiger charge is 2.37. The summed E-state index contributed by atoms with van der Waals surface area (Å²) in [6.45, 7) is 2.29. The number of carbonyl (C=O) groups is 2. The number of amides is 2. The molecule has 0 atom stereocenters. The van der Waals surface area contributed by atoms with Crippen molar-refractivity contribution in [2.24, 2.45) is 0 Å². The zero-order valence-corrected chi connectivity index (χ0v) is 18.5. The largest absolute Gasteiger partial charge is 0.497 e. The highest BCUT2D eigenvalue weighted by molar-refractivity contribution is 5.96. The molecule has 178 valence electrons. The number of aromatic nitrogens is 3. The summed E-state index contributed by atoms with van der Waals surface area (Å²) in [6.07, 6.45) is -4.63. The number of methoxy groups -OCH3 is 1. The number of alkyl halides is 3.